The minimum atomic E-state index is -0.432. The maximum Gasteiger partial charge on any atom is 0.273 e. The number of benzene rings is 2. The fourth-order valence-electron chi connectivity index (χ4n) is 3.15. The Morgan fingerprint density at radius 1 is 1.08 bits per heavy atom. The Morgan fingerprint density at radius 2 is 1.80 bits per heavy atom. The van der Waals surface area contributed by atoms with Gasteiger partial charge in [0.1, 0.15) is 0 Å². The van der Waals surface area contributed by atoms with Gasteiger partial charge in [0.25, 0.3) is 5.69 Å². The molecule has 2 aromatic carbocycles. The summed E-state index contributed by atoms with van der Waals surface area (Å²) < 4.78 is 0. The van der Waals surface area contributed by atoms with Crippen LogP contribution in [0, 0.1) is 17.0 Å². The molecule has 0 aromatic heterocycles. The van der Waals surface area contributed by atoms with Crippen LogP contribution in [0.3, 0.4) is 0 Å². The number of nitrogens with zero attached hydrogens (tertiary/aromatic N) is 3. The Hall–Kier alpha value is -2.89. The van der Waals surface area contributed by atoms with Crippen LogP contribution in [0.5, 0.6) is 0 Å². The lowest BCUT2D eigenvalue weighted by molar-refractivity contribution is -0.385. The number of nitro groups is 1. The fourth-order valence-corrected chi connectivity index (χ4v) is 3.15. The quantitative estimate of drug-likeness (QED) is 0.634. The highest BCUT2D eigenvalue weighted by molar-refractivity contribution is 5.80. The molecular weight excluding hydrogens is 318 g/mol. The number of carbonyl (C=O) groups is 1. The summed E-state index contributed by atoms with van der Waals surface area (Å²) in [5, 5.41) is 11.1. The van der Waals surface area contributed by atoms with Gasteiger partial charge in [0, 0.05) is 43.5 Å². The summed E-state index contributed by atoms with van der Waals surface area (Å²) in [6.07, 6.45) is 0.0710. The van der Waals surface area contributed by atoms with E-state index in [0.29, 0.717) is 18.7 Å². The first-order chi connectivity index (χ1) is 12.0. The molecule has 0 aliphatic carbocycles. The molecule has 0 unspecified atom stereocenters. The summed E-state index contributed by atoms with van der Waals surface area (Å²) in [5.74, 6) is -0.0572. The molecule has 1 amide bonds. The second-order valence-electron chi connectivity index (χ2n) is 6.27. The average molecular weight is 339 g/mol. The number of amides is 1. The third kappa shape index (κ3) is 3.96. The zero-order valence-corrected chi connectivity index (χ0v) is 14.2. The molecule has 0 radical (unpaired) electrons. The molecule has 0 bridgehead atoms. The molecular formula is C19H21N3O3. The molecule has 1 aliphatic heterocycles. The number of nitro benzene ring substituents is 1. The molecule has 0 N–H and O–H groups in total. The molecule has 6 heteroatoms. The van der Waals surface area contributed by atoms with Gasteiger partial charge in [-0.05, 0) is 24.6 Å². The van der Waals surface area contributed by atoms with E-state index in [-0.39, 0.29) is 18.0 Å². The molecule has 1 aliphatic rings. The van der Waals surface area contributed by atoms with Gasteiger partial charge in [-0.1, -0.05) is 30.3 Å². The molecule has 0 saturated carbocycles. The largest absolute Gasteiger partial charge is 0.368 e. The smallest absolute Gasteiger partial charge is 0.273 e. The predicted octanol–water partition coefficient (Wildman–Crippen LogP) is 2.79. The number of carbonyl (C=O) groups excluding carboxylic acids is 1. The molecule has 0 atom stereocenters. The Kier molecular flexibility index (Phi) is 4.97. The maximum atomic E-state index is 12.5. The van der Waals surface area contributed by atoms with Gasteiger partial charge >= 0.3 is 0 Å². The topological polar surface area (TPSA) is 66.7 Å². The first-order valence-electron chi connectivity index (χ1n) is 8.36. The van der Waals surface area contributed by atoms with Crippen molar-refractivity contribution >= 4 is 17.3 Å². The van der Waals surface area contributed by atoms with E-state index in [0.717, 1.165) is 13.1 Å². The molecule has 130 valence electrons. The Bertz CT molecular complexity index is 783. The minimum Gasteiger partial charge on any atom is -0.368 e. The zero-order valence-electron chi connectivity index (χ0n) is 14.2. The number of hydrogen-bond donors (Lipinski definition) is 0. The van der Waals surface area contributed by atoms with Crippen LogP contribution >= 0.6 is 0 Å². The number of piperazine rings is 1. The summed E-state index contributed by atoms with van der Waals surface area (Å²) in [5.41, 5.74) is 2.87. The lowest BCUT2D eigenvalue weighted by Gasteiger charge is -2.36. The highest BCUT2D eigenvalue weighted by Crippen LogP contribution is 2.21. The molecule has 6 nitrogen and oxygen atoms in total. The zero-order chi connectivity index (χ0) is 17.8. The lowest BCUT2D eigenvalue weighted by atomic mass is 10.1. The van der Waals surface area contributed by atoms with E-state index in [1.165, 1.54) is 17.3 Å². The van der Waals surface area contributed by atoms with Crippen molar-refractivity contribution in [3.05, 3.63) is 69.8 Å². The van der Waals surface area contributed by atoms with Gasteiger partial charge < -0.3 is 9.80 Å². The normalized spacial score (nSPS) is 14.4. The van der Waals surface area contributed by atoms with Crippen LogP contribution in [0.1, 0.15) is 11.1 Å². The van der Waals surface area contributed by atoms with Crippen molar-refractivity contribution in [2.75, 3.05) is 31.1 Å². The third-order valence-corrected chi connectivity index (χ3v) is 4.53. The molecule has 25 heavy (non-hydrogen) atoms. The van der Waals surface area contributed by atoms with Crippen molar-refractivity contribution in [1.29, 1.82) is 0 Å². The van der Waals surface area contributed by atoms with E-state index in [9.17, 15) is 14.9 Å². The summed E-state index contributed by atoms with van der Waals surface area (Å²) in [4.78, 5) is 27.2. The van der Waals surface area contributed by atoms with Gasteiger partial charge in [0.05, 0.1) is 11.3 Å². The van der Waals surface area contributed by atoms with Gasteiger partial charge in [0.15, 0.2) is 0 Å². The van der Waals surface area contributed by atoms with Crippen molar-refractivity contribution in [2.45, 2.75) is 13.3 Å². The third-order valence-electron chi connectivity index (χ3n) is 4.53. The Labute approximate surface area is 146 Å². The van der Waals surface area contributed by atoms with Gasteiger partial charge in [-0.25, -0.2) is 0 Å². The summed E-state index contributed by atoms with van der Waals surface area (Å²) in [6.45, 7) is 4.87. The van der Waals surface area contributed by atoms with Crippen molar-refractivity contribution in [3.63, 3.8) is 0 Å². The SMILES string of the molecule is Cc1cccc(N2CCN(C(=O)Cc3ccccc3[N+](=O)[O-])CC2)c1. The van der Waals surface area contributed by atoms with Crippen LogP contribution in [0.2, 0.25) is 0 Å². The van der Waals surface area contributed by atoms with Crippen molar-refractivity contribution < 1.29 is 9.72 Å². The van der Waals surface area contributed by atoms with Crippen molar-refractivity contribution in [2.24, 2.45) is 0 Å². The van der Waals surface area contributed by atoms with Crippen molar-refractivity contribution in [3.8, 4) is 0 Å². The van der Waals surface area contributed by atoms with Crippen LogP contribution in [0.4, 0.5) is 11.4 Å². The Balaban J connectivity index is 1.61. The van der Waals surface area contributed by atoms with Gasteiger partial charge in [-0.3, -0.25) is 14.9 Å². The van der Waals surface area contributed by atoms with E-state index in [2.05, 4.69) is 30.0 Å². The fraction of sp³-hybridized carbons (Fsp3) is 0.316. The number of rotatable bonds is 4. The predicted molar refractivity (Wildman–Crippen MR) is 96.8 cm³/mol. The van der Waals surface area contributed by atoms with Crippen LogP contribution in [0.25, 0.3) is 0 Å². The van der Waals surface area contributed by atoms with E-state index in [4.69, 9.17) is 0 Å². The molecule has 3 rings (SSSR count). The highest BCUT2D eigenvalue weighted by atomic mass is 16.6. The van der Waals surface area contributed by atoms with Crippen molar-refractivity contribution in [1.82, 2.24) is 4.90 Å². The number of hydrogen-bond acceptors (Lipinski definition) is 4. The van der Waals surface area contributed by atoms with E-state index < -0.39 is 4.92 Å². The monoisotopic (exact) mass is 339 g/mol. The van der Waals surface area contributed by atoms with E-state index >= 15 is 0 Å². The molecule has 1 saturated heterocycles. The van der Waals surface area contributed by atoms with Gasteiger partial charge in [-0.15, -0.1) is 0 Å². The second-order valence-corrected chi connectivity index (χ2v) is 6.27. The summed E-state index contributed by atoms with van der Waals surface area (Å²) in [7, 11) is 0. The molecule has 2 aromatic rings. The van der Waals surface area contributed by atoms with Gasteiger partial charge in [0.2, 0.25) is 5.91 Å². The van der Waals surface area contributed by atoms with Crippen LogP contribution in [0.15, 0.2) is 48.5 Å². The first kappa shape index (κ1) is 17.0. The molecule has 0 spiro atoms. The number of aryl methyl sites for hydroxylation is 1. The van der Waals surface area contributed by atoms with Crippen LogP contribution in [-0.2, 0) is 11.2 Å². The van der Waals surface area contributed by atoms with Crippen LogP contribution < -0.4 is 4.90 Å². The Morgan fingerprint density at radius 3 is 2.48 bits per heavy atom. The summed E-state index contributed by atoms with van der Waals surface area (Å²) in [6, 6.07) is 14.8. The van der Waals surface area contributed by atoms with E-state index in [1.54, 1.807) is 23.1 Å². The lowest BCUT2D eigenvalue weighted by Crippen LogP contribution is -2.49. The first-order valence-corrected chi connectivity index (χ1v) is 8.36. The standard InChI is InChI=1S/C19H21N3O3/c1-15-5-4-7-17(13-15)20-9-11-21(12-10-20)19(23)14-16-6-2-3-8-18(16)22(24)25/h2-8,13H,9-12,14H2,1H3. The number of para-hydroxylation sites is 1. The molecule has 1 fully saturated rings. The summed E-state index contributed by atoms with van der Waals surface area (Å²) >= 11 is 0. The highest BCUT2D eigenvalue weighted by Gasteiger charge is 2.23. The molecule has 1 heterocycles. The van der Waals surface area contributed by atoms with Gasteiger partial charge in [-0.2, -0.15) is 0 Å². The average Bonchev–Trinajstić information content (AvgIpc) is 2.62. The number of anilines is 1. The second kappa shape index (κ2) is 7.34. The van der Waals surface area contributed by atoms with Crippen LogP contribution in [-0.4, -0.2) is 41.9 Å². The minimum absolute atomic E-state index is 0.00856. The van der Waals surface area contributed by atoms with E-state index in [1.807, 2.05) is 6.07 Å². The maximum absolute atomic E-state index is 12.5.